The fourth-order valence-electron chi connectivity index (χ4n) is 3.20. The molecule has 0 saturated carbocycles. The van der Waals surface area contributed by atoms with Crippen molar-refractivity contribution in [3.63, 3.8) is 0 Å². The maximum absolute atomic E-state index is 11.4. The first-order valence-electron chi connectivity index (χ1n) is 8.36. The lowest BCUT2D eigenvalue weighted by molar-refractivity contribution is 0.458. The van der Waals surface area contributed by atoms with Crippen molar-refractivity contribution in [2.75, 3.05) is 24.2 Å². The summed E-state index contributed by atoms with van der Waals surface area (Å²) in [5.74, 6) is 1.05. The molecule has 0 radical (unpaired) electrons. The zero-order valence-corrected chi connectivity index (χ0v) is 15.5. The second-order valence-corrected chi connectivity index (χ2v) is 8.34. The van der Waals surface area contributed by atoms with Crippen LogP contribution in [0.3, 0.4) is 0 Å². The number of rotatable bonds is 4. The molecule has 1 fully saturated rings. The molecule has 0 amide bonds. The van der Waals surface area contributed by atoms with Crippen molar-refractivity contribution in [1.82, 2.24) is 19.3 Å². The summed E-state index contributed by atoms with van der Waals surface area (Å²) in [7, 11) is -3.15. The van der Waals surface area contributed by atoms with E-state index in [1.807, 2.05) is 11.4 Å². The maximum Gasteiger partial charge on any atom is 0.208 e. The number of nitrogens with one attached hydrogen (secondary N) is 1. The van der Waals surface area contributed by atoms with Crippen molar-refractivity contribution >= 4 is 21.5 Å². The molecule has 132 valence electrons. The molecule has 0 atom stereocenters. The average Bonchev–Trinajstić information content (AvgIpc) is 2.81. The van der Waals surface area contributed by atoms with Crippen molar-refractivity contribution in [3.8, 4) is 0 Å². The summed E-state index contributed by atoms with van der Waals surface area (Å²) >= 11 is 0. The Labute approximate surface area is 143 Å². The van der Waals surface area contributed by atoms with Crippen LogP contribution in [0.2, 0.25) is 0 Å². The minimum Gasteiger partial charge on any atom is -0.356 e. The van der Waals surface area contributed by atoms with Gasteiger partial charge in [-0.25, -0.2) is 18.1 Å². The molecule has 0 aromatic carbocycles. The first-order chi connectivity index (χ1) is 11.3. The van der Waals surface area contributed by atoms with E-state index in [-0.39, 0.29) is 6.04 Å². The van der Waals surface area contributed by atoms with E-state index in [2.05, 4.69) is 34.6 Å². The van der Waals surface area contributed by atoms with E-state index >= 15 is 0 Å². The van der Waals surface area contributed by atoms with Crippen LogP contribution in [0.4, 0.5) is 5.82 Å². The fraction of sp³-hybridized carbons (Fsp3) is 0.625. The molecule has 24 heavy (non-hydrogen) atoms. The summed E-state index contributed by atoms with van der Waals surface area (Å²) in [5.41, 5.74) is 4.07. The van der Waals surface area contributed by atoms with Crippen LogP contribution in [0.1, 0.15) is 36.7 Å². The summed E-state index contributed by atoms with van der Waals surface area (Å²) in [4.78, 5) is 6.99. The number of nitrogens with zero attached hydrogens (tertiary/aromatic N) is 4. The highest BCUT2D eigenvalue weighted by atomic mass is 32.2. The van der Waals surface area contributed by atoms with Gasteiger partial charge in [-0.05, 0) is 33.1 Å². The zero-order chi connectivity index (χ0) is 17.5. The number of hydrogen-bond acceptors (Lipinski definition) is 5. The molecule has 0 spiro atoms. The molecule has 2 aromatic heterocycles. The fourth-order valence-corrected chi connectivity index (χ4v) is 4.04. The number of anilines is 1. The van der Waals surface area contributed by atoms with Crippen molar-refractivity contribution in [1.29, 1.82) is 0 Å². The second kappa shape index (κ2) is 6.33. The molecule has 1 aliphatic rings. The average molecular weight is 351 g/mol. The number of aryl methyl sites for hydroxylation is 3. The number of fused-ring (bicyclic) bond motifs is 1. The number of sulfonamides is 1. The topological polar surface area (TPSA) is 79.6 Å². The molecular formula is C16H25N5O2S. The van der Waals surface area contributed by atoms with Crippen LogP contribution in [0, 0.1) is 13.8 Å². The van der Waals surface area contributed by atoms with Crippen LogP contribution in [-0.4, -0.2) is 48.4 Å². The van der Waals surface area contributed by atoms with Crippen molar-refractivity contribution < 1.29 is 8.42 Å². The molecule has 2 aromatic rings. The monoisotopic (exact) mass is 351 g/mol. The van der Waals surface area contributed by atoms with Crippen LogP contribution < -0.4 is 9.62 Å². The van der Waals surface area contributed by atoms with Gasteiger partial charge in [-0.1, -0.05) is 6.92 Å². The lowest BCUT2D eigenvalue weighted by Gasteiger charge is -2.33. The van der Waals surface area contributed by atoms with Gasteiger partial charge in [0.1, 0.15) is 5.82 Å². The third kappa shape index (κ3) is 3.39. The van der Waals surface area contributed by atoms with Gasteiger partial charge in [0.25, 0.3) is 0 Å². The third-order valence-corrected chi connectivity index (χ3v) is 5.41. The Hall–Kier alpha value is -1.67. The Morgan fingerprint density at radius 3 is 2.54 bits per heavy atom. The van der Waals surface area contributed by atoms with E-state index in [0.29, 0.717) is 0 Å². The van der Waals surface area contributed by atoms with E-state index in [1.54, 1.807) is 0 Å². The predicted octanol–water partition coefficient (Wildman–Crippen LogP) is 1.43. The van der Waals surface area contributed by atoms with Gasteiger partial charge in [0.15, 0.2) is 5.65 Å². The molecule has 8 heteroatoms. The highest BCUT2D eigenvalue weighted by molar-refractivity contribution is 7.88. The van der Waals surface area contributed by atoms with Gasteiger partial charge in [-0.2, -0.15) is 9.61 Å². The van der Waals surface area contributed by atoms with E-state index in [4.69, 9.17) is 4.98 Å². The molecule has 0 bridgehead atoms. The molecule has 1 aliphatic heterocycles. The minimum absolute atomic E-state index is 0.0142. The Morgan fingerprint density at radius 2 is 1.96 bits per heavy atom. The predicted molar refractivity (Wildman–Crippen MR) is 95.1 cm³/mol. The summed E-state index contributed by atoms with van der Waals surface area (Å²) in [6.07, 6.45) is 3.67. The molecule has 3 rings (SSSR count). The van der Waals surface area contributed by atoms with Crippen molar-refractivity contribution in [3.05, 3.63) is 23.0 Å². The smallest absolute Gasteiger partial charge is 0.208 e. The summed E-state index contributed by atoms with van der Waals surface area (Å²) in [6.45, 7) is 7.75. The molecule has 0 aliphatic carbocycles. The quantitative estimate of drug-likeness (QED) is 0.901. The zero-order valence-electron chi connectivity index (χ0n) is 14.7. The standard InChI is InChI=1S/C16H25N5O2S/c1-5-13-10-15(21-16(17-13)11(2)12(3)18-21)20-8-6-14(7-9-20)19-24(4,22)23/h10,14,19H,5-9H2,1-4H3. The van der Waals surface area contributed by atoms with Crippen molar-refractivity contribution in [2.45, 2.75) is 46.1 Å². The van der Waals surface area contributed by atoms with Gasteiger partial charge in [-0.15, -0.1) is 0 Å². The molecular weight excluding hydrogens is 326 g/mol. The lowest BCUT2D eigenvalue weighted by atomic mass is 10.1. The molecule has 3 heterocycles. The summed E-state index contributed by atoms with van der Waals surface area (Å²) in [6, 6.07) is 2.11. The van der Waals surface area contributed by atoms with Crippen LogP contribution in [0.15, 0.2) is 6.07 Å². The van der Waals surface area contributed by atoms with Crippen LogP contribution in [0.5, 0.6) is 0 Å². The van der Waals surface area contributed by atoms with Crippen LogP contribution >= 0.6 is 0 Å². The van der Waals surface area contributed by atoms with E-state index in [9.17, 15) is 8.42 Å². The van der Waals surface area contributed by atoms with Gasteiger partial charge < -0.3 is 4.90 Å². The number of aromatic nitrogens is 3. The van der Waals surface area contributed by atoms with Crippen LogP contribution in [0.25, 0.3) is 5.65 Å². The number of hydrogen-bond donors (Lipinski definition) is 1. The molecule has 7 nitrogen and oxygen atoms in total. The maximum atomic E-state index is 11.4. The van der Waals surface area contributed by atoms with Gasteiger partial charge in [-0.3, -0.25) is 0 Å². The SMILES string of the molecule is CCc1cc(N2CCC(NS(C)(=O)=O)CC2)n2nc(C)c(C)c2n1. The molecule has 0 unspecified atom stereocenters. The van der Waals surface area contributed by atoms with E-state index in [1.165, 1.54) is 6.26 Å². The number of piperidine rings is 1. The van der Waals surface area contributed by atoms with E-state index < -0.39 is 10.0 Å². The van der Waals surface area contributed by atoms with Gasteiger partial charge in [0, 0.05) is 36.5 Å². The Morgan fingerprint density at radius 1 is 1.29 bits per heavy atom. The van der Waals surface area contributed by atoms with Gasteiger partial charge in [0.05, 0.1) is 11.9 Å². The highest BCUT2D eigenvalue weighted by Gasteiger charge is 2.24. The Bertz CT molecular complexity index is 851. The largest absolute Gasteiger partial charge is 0.356 e. The Kier molecular flexibility index (Phi) is 4.52. The van der Waals surface area contributed by atoms with Gasteiger partial charge in [0.2, 0.25) is 10.0 Å². The minimum atomic E-state index is -3.15. The summed E-state index contributed by atoms with van der Waals surface area (Å²) in [5, 5.41) is 4.64. The van der Waals surface area contributed by atoms with Crippen LogP contribution in [-0.2, 0) is 16.4 Å². The Balaban J connectivity index is 1.89. The molecule has 1 saturated heterocycles. The highest BCUT2D eigenvalue weighted by Crippen LogP contribution is 2.24. The first-order valence-corrected chi connectivity index (χ1v) is 10.3. The first kappa shape index (κ1) is 17.2. The molecule has 1 N–H and O–H groups in total. The summed E-state index contributed by atoms with van der Waals surface area (Å²) < 4.78 is 27.4. The van der Waals surface area contributed by atoms with E-state index in [0.717, 1.165) is 60.8 Å². The van der Waals surface area contributed by atoms with Gasteiger partial charge >= 0.3 is 0 Å². The van der Waals surface area contributed by atoms with Crippen molar-refractivity contribution in [2.24, 2.45) is 0 Å². The second-order valence-electron chi connectivity index (χ2n) is 6.56. The lowest BCUT2D eigenvalue weighted by Crippen LogP contribution is -2.44. The normalized spacial score (nSPS) is 16.9. The third-order valence-electron chi connectivity index (χ3n) is 4.65.